The topological polar surface area (TPSA) is 46.5 Å². The van der Waals surface area contributed by atoms with Gasteiger partial charge in [0.1, 0.15) is 21.9 Å². The fourth-order valence-electron chi connectivity index (χ4n) is 5.42. The third-order valence-corrected chi connectivity index (χ3v) is 7.58. The number of nitrogens with one attached hydrogen (secondary N) is 1. The van der Waals surface area contributed by atoms with Crippen LogP contribution in [0.4, 0.5) is 8.78 Å². The normalized spacial score (nSPS) is 14.3. The average molecular weight is 573 g/mol. The molecule has 40 heavy (non-hydrogen) atoms. The molecule has 7 rings (SSSR count). The zero-order valence-corrected chi connectivity index (χ0v) is 23.2. The number of hydrogen-bond donors (Lipinski definition) is 1. The lowest BCUT2D eigenvalue weighted by Gasteiger charge is -2.26. The average Bonchev–Trinajstić information content (AvgIpc) is 3.55. The van der Waals surface area contributed by atoms with Gasteiger partial charge in [-0.3, -0.25) is 0 Å². The molecular formula is C32H24Cl2F2N4. The van der Waals surface area contributed by atoms with Gasteiger partial charge in [-0.1, -0.05) is 47.5 Å². The maximum atomic E-state index is 14.0. The standard InChI is InChI=1S/2C16H12ClFN2/c1-9-5-10-8-19-16(17)7-11(10)15-6-12-13(18)3-2-4-14(12)20(9)15;1-2-4-10-9-19-16(17)8-11(10)15-7-12-13(18)5-3-6-14(12)20-15/h2-4,6-9H,5H2,1H3;2-9,20H,1H3/b;4-2-. The number of aromatic amines is 1. The second-order valence-corrected chi connectivity index (χ2v) is 10.5. The van der Waals surface area contributed by atoms with Crippen molar-refractivity contribution < 1.29 is 8.78 Å². The Balaban J connectivity index is 0.000000145. The number of pyridine rings is 2. The Morgan fingerprint density at radius 1 is 0.900 bits per heavy atom. The third kappa shape index (κ3) is 4.67. The fourth-order valence-corrected chi connectivity index (χ4v) is 5.73. The minimum absolute atomic E-state index is 0.182. The van der Waals surface area contributed by atoms with Crippen molar-refractivity contribution in [2.45, 2.75) is 26.3 Å². The number of fused-ring (bicyclic) bond motifs is 6. The number of nitrogens with zero attached hydrogens (tertiary/aromatic N) is 3. The van der Waals surface area contributed by atoms with E-state index in [1.807, 2.05) is 49.5 Å². The van der Waals surface area contributed by atoms with E-state index in [2.05, 4.69) is 26.4 Å². The molecule has 6 aromatic rings. The van der Waals surface area contributed by atoms with Crippen LogP contribution in [-0.4, -0.2) is 19.5 Å². The summed E-state index contributed by atoms with van der Waals surface area (Å²) in [5.41, 5.74) is 7.59. The zero-order chi connectivity index (χ0) is 28.0. The first-order valence-electron chi connectivity index (χ1n) is 12.8. The van der Waals surface area contributed by atoms with E-state index in [0.717, 1.165) is 51.1 Å². The molecule has 1 aliphatic rings. The Labute approximate surface area is 239 Å². The van der Waals surface area contributed by atoms with E-state index in [9.17, 15) is 8.78 Å². The van der Waals surface area contributed by atoms with E-state index in [1.54, 1.807) is 30.5 Å². The Kier molecular flexibility index (Phi) is 6.90. The monoisotopic (exact) mass is 572 g/mol. The van der Waals surface area contributed by atoms with Gasteiger partial charge in [-0.2, -0.15) is 0 Å². The maximum Gasteiger partial charge on any atom is 0.132 e. The number of rotatable bonds is 2. The summed E-state index contributed by atoms with van der Waals surface area (Å²) in [5.74, 6) is -0.420. The van der Waals surface area contributed by atoms with Crippen molar-refractivity contribution in [3.8, 4) is 22.5 Å². The summed E-state index contributed by atoms with van der Waals surface area (Å²) in [5, 5.41) is 2.11. The quantitative estimate of drug-likeness (QED) is 0.210. The van der Waals surface area contributed by atoms with Crippen molar-refractivity contribution in [3.05, 3.63) is 112 Å². The molecule has 0 amide bonds. The van der Waals surface area contributed by atoms with Gasteiger partial charge in [-0.05, 0) is 74.4 Å². The van der Waals surface area contributed by atoms with E-state index in [1.165, 1.54) is 12.1 Å². The predicted octanol–water partition coefficient (Wildman–Crippen LogP) is 9.67. The number of halogens is 4. The second-order valence-electron chi connectivity index (χ2n) is 9.77. The van der Waals surface area contributed by atoms with Crippen LogP contribution in [0.2, 0.25) is 10.3 Å². The maximum absolute atomic E-state index is 14.0. The summed E-state index contributed by atoms with van der Waals surface area (Å²) in [6.07, 6.45) is 8.29. The predicted molar refractivity (Wildman–Crippen MR) is 160 cm³/mol. The molecule has 1 aliphatic heterocycles. The molecule has 2 aromatic carbocycles. The van der Waals surface area contributed by atoms with Gasteiger partial charge in [-0.15, -0.1) is 0 Å². The molecule has 200 valence electrons. The molecular weight excluding hydrogens is 549 g/mol. The smallest absolute Gasteiger partial charge is 0.132 e. The number of allylic oxidation sites excluding steroid dienone is 1. The van der Waals surface area contributed by atoms with Crippen molar-refractivity contribution in [1.82, 2.24) is 19.5 Å². The lowest BCUT2D eigenvalue weighted by molar-refractivity contribution is 0.553. The highest BCUT2D eigenvalue weighted by atomic mass is 35.5. The van der Waals surface area contributed by atoms with Crippen LogP contribution in [0.25, 0.3) is 50.4 Å². The lowest BCUT2D eigenvalue weighted by Crippen LogP contribution is -2.15. The first-order valence-corrected chi connectivity index (χ1v) is 13.6. The van der Waals surface area contributed by atoms with Crippen molar-refractivity contribution in [2.75, 3.05) is 0 Å². The summed E-state index contributed by atoms with van der Waals surface area (Å²) in [6, 6.07) is 17.8. The van der Waals surface area contributed by atoms with Crippen LogP contribution in [0, 0.1) is 11.6 Å². The molecule has 1 unspecified atom stereocenters. The highest BCUT2D eigenvalue weighted by molar-refractivity contribution is 6.30. The number of aromatic nitrogens is 4. The molecule has 0 saturated carbocycles. The summed E-state index contributed by atoms with van der Waals surface area (Å²) in [4.78, 5) is 11.5. The summed E-state index contributed by atoms with van der Waals surface area (Å²) < 4.78 is 30.0. The van der Waals surface area contributed by atoms with Gasteiger partial charge in [0.15, 0.2) is 0 Å². The number of hydrogen-bond acceptors (Lipinski definition) is 2. The van der Waals surface area contributed by atoms with E-state index >= 15 is 0 Å². The van der Waals surface area contributed by atoms with Crippen LogP contribution in [0.15, 0.2) is 79.1 Å². The van der Waals surface area contributed by atoms with Crippen LogP contribution in [0.3, 0.4) is 0 Å². The molecule has 8 heteroatoms. The largest absolute Gasteiger partial charge is 0.354 e. The molecule has 0 fully saturated rings. The van der Waals surface area contributed by atoms with Crippen LogP contribution < -0.4 is 0 Å². The lowest BCUT2D eigenvalue weighted by atomic mass is 9.97. The molecule has 0 radical (unpaired) electrons. The van der Waals surface area contributed by atoms with Gasteiger partial charge in [-0.25, -0.2) is 18.7 Å². The molecule has 0 bridgehead atoms. The molecule has 4 nitrogen and oxygen atoms in total. The Bertz CT molecular complexity index is 1920. The first-order chi connectivity index (χ1) is 19.3. The van der Waals surface area contributed by atoms with Gasteiger partial charge < -0.3 is 9.55 Å². The highest BCUT2D eigenvalue weighted by Gasteiger charge is 2.25. The molecule has 1 atom stereocenters. The van der Waals surface area contributed by atoms with E-state index in [0.29, 0.717) is 21.1 Å². The Morgan fingerprint density at radius 2 is 1.60 bits per heavy atom. The van der Waals surface area contributed by atoms with Crippen LogP contribution in [0.1, 0.15) is 31.0 Å². The summed E-state index contributed by atoms with van der Waals surface area (Å²) >= 11 is 12.0. The molecule has 0 spiro atoms. The molecule has 0 aliphatic carbocycles. The van der Waals surface area contributed by atoms with Crippen molar-refractivity contribution in [1.29, 1.82) is 0 Å². The molecule has 5 heterocycles. The van der Waals surface area contributed by atoms with Crippen molar-refractivity contribution in [3.63, 3.8) is 0 Å². The third-order valence-electron chi connectivity index (χ3n) is 7.16. The minimum Gasteiger partial charge on any atom is -0.354 e. The minimum atomic E-state index is -0.238. The second kappa shape index (κ2) is 10.5. The summed E-state index contributed by atoms with van der Waals surface area (Å²) in [7, 11) is 0. The van der Waals surface area contributed by atoms with E-state index < -0.39 is 0 Å². The van der Waals surface area contributed by atoms with Gasteiger partial charge in [0.05, 0.1) is 5.52 Å². The van der Waals surface area contributed by atoms with Crippen LogP contribution in [0.5, 0.6) is 0 Å². The van der Waals surface area contributed by atoms with Crippen molar-refractivity contribution >= 4 is 51.1 Å². The fraction of sp³-hybridized carbons (Fsp3) is 0.125. The Hall–Kier alpha value is -4.00. The number of H-pyrrole nitrogens is 1. The molecule has 4 aromatic heterocycles. The van der Waals surface area contributed by atoms with Gasteiger partial charge in [0.25, 0.3) is 0 Å². The van der Waals surface area contributed by atoms with E-state index in [4.69, 9.17) is 23.2 Å². The highest BCUT2D eigenvalue weighted by Crippen LogP contribution is 2.40. The van der Waals surface area contributed by atoms with Gasteiger partial charge in [0, 0.05) is 62.8 Å². The summed E-state index contributed by atoms with van der Waals surface area (Å²) in [6.45, 7) is 4.08. The molecule has 0 saturated heterocycles. The number of benzene rings is 2. The first kappa shape index (κ1) is 26.2. The SMILES string of the molecule is C/C=C\c1cnc(Cl)cc1-c1cc2c(F)cccc2[nH]1.CC1Cc2cnc(Cl)cc2-c2cc3c(F)cccc3n21. The van der Waals surface area contributed by atoms with Gasteiger partial charge >= 0.3 is 0 Å². The van der Waals surface area contributed by atoms with Crippen LogP contribution in [-0.2, 0) is 6.42 Å². The molecule has 1 N–H and O–H groups in total. The van der Waals surface area contributed by atoms with Crippen LogP contribution >= 0.6 is 23.2 Å². The van der Waals surface area contributed by atoms with Gasteiger partial charge in [0.2, 0.25) is 0 Å². The zero-order valence-electron chi connectivity index (χ0n) is 21.7. The Morgan fingerprint density at radius 3 is 2.35 bits per heavy atom. The van der Waals surface area contributed by atoms with Crippen molar-refractivity contribution in [2.24, 2.45) is 0 Å². The van der Waals surface area contributed by atoms with E-state index in [-0.39, 0.29) is 17.7 Å².